The minimum Gasteiger partial charge on any atom is -0.481 e. The Balaban J connectivity index is 1.89. The lowest BCUT2D eigenvalue weighted by Crippen LogP contribution is -2.37. The number of aliphatic carboxylic acids is 1. The van der Waals surface area contributed by atoms with Gasteiger partial charge in [0, 0.05) is 18.4 Å². The van der Waals surface area contributed by atoms with Gasteiger partial charge in [-0.15, -0.1) is 0 Å². The maximum atomic E-state index is 12.1. The molecule has 5 nitrogen and oxygen atoms in total. The fraction of sp³-hybridized carbons (Fsp3) is 0.278. The van der Waals surface area contributed by atoms with Crippen LogP contribution in [0.5, 0.6) is 0 Å². The maximum Gasteiger partial charge on any atom is 0.305 e. The van der Waals surface area contributed by atoms with Crippen molar-refractivity contribution in [2.24, 2.45) is 0 Å². The number of amides is 1. The first-order chi connectivity index (χ1) is 11.1. The van der Waals surface area contributed by atoms with E-state index in [2.05, 4.69) is 10.3 Å². The number of carboxylic acid groups (broad SMARTS) is 1. The second kappa shape index (κ2) is 8.68. The van der Waals surface area contributed by atoms with E-state index in [1.807, 2.05) is 30.3 Å². The van der Waals surface area contributed by atoms with Gasteiger partial charge in [0.05, 0.1) is 12.8 Å². The van der Waals surface area contributed by atoms with Gasteiger partial charge in [-0.25, -0.2) is 0 Å². The van der Waals surface area contributed by atoms with Crippen LogP contribution in [-0.4, -0.2) is 28.0 Å². The van der Waals surface area contributed by atoms with Crippen molar-refractivity contribution >= 4 is 11.9 Å². The van der Waals surface area contributed by atoms with E-state index < -0.39 is 5.97 Å². The monoisotopic (exact) mass is 312 g/mol. The summed E-state index contributed by atoms with van der Waals surface area (Å²) in [6.07, 6.45) is 4.74. The number of hydrogen-bond acceptors (Lipinski definition) is 3. The zero-order valence-electron chi connectivity index (χ0n) is 12.8. The molecule has 2 rings (SSSR count). The van der Waals surface area contributed by atoms with Gasteiger partial charge in [-0.1, -0.05) is 30.3 Å². The molecule has 2 aromatic rings. The van der Waals surface area contributed by atoms with Gasteiger partial charge in [0.15, 0.2) is 0 Å². The molecule has 120 valence electrons. The van der Waals surface area contributed by atoms with Gasteiger partial charge in [0.1, 0.15) is 0 Å². The Kier molecular flexibility index (Phi) is 6.29. The molecule has 1 aromatic heterocycles. The van der Waals surface area contributed by atoms with Gasteiger partial charge in [-0.05, 0) is 36.1 Å². The molecule has 1 aromatic carbocycles. The maximum absolute atomic E-state index is 12.1. The lowest BCUT2D eigenvalue weighted by molar-refractivity contribution is -0.137. The summed E-state index contributed by atoms with van der Waals surface area (Å²) in [5.41, 5.74) is 1.99. The number of aryl methyl sites for hydroxylation is 1. The molecule has 0 aliphatic heterocycles. The fourth-order valence-corrected chi connectivity index (χ4v) is 2.39. The van der Waals surface area contributed by atoms with Crippen molar-refractivity contribution in [2.75, 3.05) is 0 Å². The number of nitrogens with one attached hydrogen (secondary N) is 1. The molecule has 5 heteroatoms. The number of carboxylic acids is 1. The number of benzene rings is 1. The smallest absolute Gasteiger partial charge is 0.305 e. The van der Waals surface area contributed by atoms with E-state index in [0.717, 1.165) is 17.5 Å². The third kappa shape index (κ3) is 6.30. The topological polar surface area (TPSA) is 79.3 Å². The first kappa shape index (κ1) is 16.7. The van der Waals surface area contributed by atoms with Gasteiger partial charge in [0.2, 0.25) is 5.91 Å². The number of carbonyl (C=O) groups excluding carboxylic acids is 1. The standard InChI is InChI=1S/C18H20N2O3/c21-17(12-15-8-10-19-11-9-15)20-16(13-18(22)23)7-6-14-4-2-1-3-5-14/h1-5,8-11,16H,6-7,12-13H2,(H,20,21)(H,22,23). The molecule has 0 saturated heterocycles. The van der Waals surface area contributed by atoms with Gasteiger partial charge in [0.25, 0.3) is 0 Å². The zero-order chi connectivity index (χ0) is 16.5. The van der Waals surface area contributed by atoms with Crippen molar-refractivity contribution in [1.82, 2.24) is 10.3 Å². The number of rotatable bonds is 8. The van der Waals surface area contributed by atoms with Crippen LogP contribution < -0.4 is 5.32 Å². The van der Waals surface area contributed by atoms with Crippen LogP contribution in [0.3, 0.4) is 0 Å². The van der Waals surface area contributed by atoms with E-state index in [1.54, 1.807) is 24.5 Å². The quantitative estimate of drug-likeness (QED) is 0.783. The van der Waals surface area contributed by atoms with Crippen LogP contribution in [0.25, 0.3) is 0 Å². The van der Waals surface area contributed by atoms with Gasteiger partial charge in [-0.3, -0.25) is 14.6 Å². The van der Waals surface area contributed by atoms with Crippen molar-refractivity contribution in [1.29, 1.82) is 0 Å². The molecule has 0 aliphatic rings. The Labute approximate surface area is 135 Å². The predicted molar refractivity (Wildman–Crippen MR) is 86.9 cm³/mol. The second-order valence-corrected chi connectivity index (χ2v) is 5.42. The highest BCUT2D eigenvalue weighted by Crippen LogP contribution is 2.08. The number of aromatic nitrogens is 1. The summed E-state index contributed by atoms with van der Waals surface area (Å²) in [4.78, 5) is 27.0. The first-order valence-electron chi connectivity index (χ1n) is 7.57. The molecule has 0 fully saturated rings. The third-order valence-corrected chi connectivity index (χ3v) is 3.52. The molecule has 0 spiro atoms. The summed E-state index contributed by atoms with van der Waals surface area (Å²) < 4.78 is 0. The molecule has 0 bridgehead atoms. The predicted octanol–water partition coefficient (Wildman–Crippen LogP) is 2.22. The fourth-order valence-electron chi connectivity index (χ4n) is 2.39. The molecule has 1 unspecified atom stereocenters. The normalized spacial score (nSPS) is 11.7. The Morgan fingerprint density at radius 3 is 2.39 bits per heavy atom. The van der Waals surface area contributed by atoms with Crippen molar-refractivity contribution in [2.45, 2.75) is 31.7 Å². The van der Waals surface area contributed by atoms with Crippen molar-refractivity contribution in [3.8, 4) is 0 Å². The van der Waals surface area contributed by atoms with Crippen LogP contribution in [0.2, 0.25) is 0 Å². The van der Waals surface area contributed by atoms with Crippen LogP contribution in [0, 0.1) is 0 Å². The van der Waals surface area contributed by atoms with Crippen molar-refractivity contribution in [3.63, 3.8) is 0 Å². The minimum atomic E-state index is -0.910. The Bertz CT molecular complexity index is 629. The average Bonchev–Trinajstić information content (AvgIpc) is 2.54. The van der Waals surface area contributed by atoms with Crippen LogP contribution in [0.15, 0.2) is 54.9 Å². The number of hydrogen-bond donors (Lipinski definition) is 2. The average molecular weight is 312 g/mol. The summed E-state index contributed by atoms with van der Waals surface area (Å²) in [6, 6.07) is 13.0. The lowest BCUT2D eigenvalue weighted by atomic mass is 10.0. The second-order valence-electron chi connectivity index (χ2n) is 5.42. The Hall–Kier alpha value is -2.69. The zero-order valence-corrected chi connectivity index (χ0v) is 12.8. The van der Waals surface area contributed by atoms with E-state index >= 15 is 0 Å². The van der Waals surface area contributed by atoms with E-state index in [9.17, 15) is 9.59 Å². The molecule has 0 radical (unpaired) electrons. The number of carbonyl (C=O) groups is 2. The molecule has 23 heavy (non-hydrogen) atoms. The van der Waals surface area contributed by atoms with Crippen molar-refractivity contribution < 1.29 is 14.7 Å². The molecule has 1 amide bonds. The summed E-state index contributed by atoms with van der Waals surface area (Å²) in [7, 11) is 0. The summed E-state index contributed by atoms with van der Waals surface area (Å²) in [6.45, 7) is 0. The van der Waals surface area contributed by atoms with E-state index in [-0.39, 0.29) is 24.8 Å². The van der Waals surface area contributed by atoms with Gasteiger partial charge >= 0.3 is 5.97 Å². The van der Waals surface area contributed by atoms with Crippen molar-refractivity contribution in [3.05, 3.63) is 66.0 Å². The molecule has 0 aliphatic carbocycles. The van der Waals surface area contributed by atoms with E-state index in [4.69, 9.17) is 5.11 Å². The van der Waals surface area contributed by atoms with Crippen LogP contribution >= 0.6 is 0 Å². The van der Waals surface area contributed by atoms with Crippen LogP contribution in [-0.2, 0) is 22.4 Å². The molecule has 2 N–H and O–H groups in total. The highest BCUT2D eigenvalue weighted by molar-refractivity contribution is 5.79. The van der Waals surface area contributed by atoms with Crippen LogP contribution in [0.1, 0.15) is 24.0 Å². The summed E-state index contributed by atoms with van der Waals surface area (Å²) in [5, 5.41) is 11.9. The molecule has 1 heterocycles. The molecule has 0 saturated carbocycles. The lowest BCUT2D eigenvalue weighted by Gasteiger charge is -2.17. The largest absolute Gasteiger partial charge is 0.481 e. The number of nitrogens with zero attached hydrogens (tertiary/aromatic N) is 1. The van der Waals surface area contributed by atoms with Gasteiger partial charge in [-0.2, -0.15) is 0 Å². The third-order valence-electron chi connectivity index (χ3n) is 3.52. The number of pyridine rings is 1. The SMILES string of the molecule is O=C(O)CC(CCc1ccccc1)NC(=O)Cc1ccncc1. The van der Waals surface area contributed by atoms with E-state index in [1.165, 1.54) is 0 Å². The highest BCUT2D eigenvalue weighted by atomic mass is 16.4. The molecular formula is C18H20N2O3. The summed E-state index contributed by atoms with van der Waals surface area (Å²) >= 11 is 0. The van der Waals surface area contributed by atoms with E-state index in [0.29, 0.717) is 6.42 Å². The van der Waals surface area contributed by atoms with Gasteiger partial charge < -0.3 is 10.4 Å². The first-order valence-corrected chi connectivity index (χ1v) is 7.57. The minimum absolute atomic E-state index is 0.0745. The molecular weight excluding hydrogens is 292 g/mol. The Morgan fingerprint density at radius 2 is 1.74 bits per heavy atom. The van der Waals surface area contributed by atoms with Crippen LogP contribution in [0.4, 0.5) is 0 Å². The highest BCUT2D eigenvalue weighted by Gasteiger charge is 2.16. The Morgan fingerprint density at radius 1 is 1.04 bits per heavy atom. The summed E-state index contributed by atoms with van der Waals surface area (Å²) in [5.74, 6) is -1.08. The molecule has 1 atom stereocenters.